The van der Waals surface area contributed by atoms with Crippen molar-refractivity contribution in [3.63, 3.8) is 0 Å². The summed E-state index contributed by atoms with van der Waals surface area (Å²) in [5.74, 6) is 1.24. The number of likely N-dealkylation sites (tertiary alicyclic amines) is 1. The fourth-order valence-electron chi connectivity index (χ4n) is 3.41. The number of sulfone groups is 1. The summed E-state index contributed by atoms with van der Waals surface area (Å²) in [5, 5.41) is 0. The van der Waals surface area contributed by atoms with E-state index < -0.39 is 9.84 Å². The average molecular weight is 418 g/mol. The third kappa shape index (κ3) is 5.09. The molecule has 0 saturated carbocycles. The van der Waals surface area contributed by atoms with Crippen LogP contribution in [0.15, 0.2) is 53.4 Å². The van der Waals surface area contributed by atoms with Crippen molar-refractivity contribution in [3.8, 4) is 11.5 Å². The summed E-state index contributed by atoms with van der Waals surface area (Å²) < 4.78 is 36.2. The molecule has 3 rings (SSSR count). The SMILES string of the molecule is CCOc1cccc(OC2CCN(C(=O)c3ccccc3S(=O)(=O)CC)CC2)c1. The lowest BCUT2D eigenvalue weighted by Gasteiger charge is -2.32. The summed E-state index contributed by atoms with van der Waals surface area (Å²) in [6.45, 7) is 5.16. The Morgan fingerprint density at radius 1 is 1.03 bits per heavy atom. The van der Waals surface area contributed by atoms with E-state index in [1.54, 1.807) is 30.0 Å². The topological polar surface area (TPSA) is 72.9 Å². The number of carbonyl (C=O) groups excluding carboxylic acids is 1. The smallest absolute Gasteiger partial charge is 0.255 e. The molecule has 0 bridgehead atoms. The third-order valence-corrected chi connectivity index (χ3v) is 6.77. The molecule has 7 heteroatoms. The summed E-state index contributed by atoms with van der Waals surface area (Å²) >= 11 is 0. The Labute approximate surface area is 172 Å². The van der Waals surface area contributed by atoms with Gasteiger partial charge in [0.2, 0.25) is 0 Å². The van der Waals surface area contributed by atoms with Crippen LogP contribution in [0.4, 0.5) is 0 Å². The lowest BCUT2D eigenvalue weighted by molar-refractivity contribution is 0.0591. The molecule has 6 nitrogen and oxygen atoms in total. The van der Waals surface area contributed by atoms with Crippen molar-refractivity contribution < 1.29 is 22.7 Å². The predicted octanol–water partition coefficient (Wildman–Crippen LogP) is 3.56. The molecule has 1 aliphatic heterocycles. The van der Waals surface area contributed by atoms with Crippen molar-refractivity contribution in [2.45, 2.75) is 37.7 Å². The zero-order chi connectivity index (χ0) is 20.9. The summed E-state index contributed by atoms with van der Waals surface area (Å²) in [5.41, 5.74) is 0.248. The van der Waals surface area contributed by atoms with E-state index in [-0.39, 0.29) is 28.2 Å². The maximum atomic E-state index is 13.0. The first-order valence-corrected chi connectivity index (χ1v) is 11.6. The Bertz CT molecular complexity index is 949. The van der Waals surface area contributed by atoms with Gasteiger partial charge in [-0.3, -0.25) is 4.79 Å². The van der Waals surface area contributed by atoms with Crippen LogP contribution in [-0.4, -0.2) is 50.8 Å². The van der Waals surface area contributed by atoms with Gasteiger partial charge in [-0.1, -0.05) is 25.1 Å². The molecule has 2 aromatic carbocycles. The van der Waals surface area contributed by atoms with Crippen LogP contribution in [-0.2, 0) is 9.84 Å². The van der Waals surface area contributed by atoms with Crippen LogP contribution in [0.2, 0.25) is 0 Å². The summed E-state index contributed by atoms with van der Waals surface area (Å²) in [6, 6.07) is 14.0. The van der Waals surface area contributed by atoms with Crippen LogP contribution in [0.5, 0.6) is 11.5 Å². The second-order valence-corrected chi connectivity index (χ2v) is 9.16. The lowest BCUT2D eigenvalue weighted by Crippen LogP contribution is -2.42. The Morgan fingerprint density at radius 3 is 2.41 bits per heavy atom. The molecular weight excluding hydrogens is 390 g/mol. The molecule has 1 heterocycles. The lowest BCUT2D eigenvalue weighted by atomic mass is 10.1. The van der Waals surface area contributed by atoms with E-state index in [9.17, 15) is 13.2 Å². The summed E-state index contributed by atoms with van der Waals surface area (Å²) in [7, 11) is -3.46. The predicted molar refractivity (Wildman–Crippen MR) is 111 cm³/mol. The van der Waals surface area contributed by atoms with Crippen molar-refractivity contribution >= 4 is 15.7 Å². The minimum absolute atomic E-state index is 0.00513. The standard InChI is InChI=1S/C22H27NO5S/c1-3-27-18-8-7-9-19(16-18)28-17-12-14-23(15-13-17)22(24)20-10-5-6-11-21(20)29(25,26)4-2/h5-11,16-17H,3-4,12-15H2,1-2H3. The van der Waals surface area contributed by atoms with E-state index in [4.69, 9.17) is 9.47 Å². The van der Waals surface area contributed by atoms with Crippen LogP contribution < -0.4 is 9.47 Å². The highest BCUT2D eigenvalue weighted by molar-refractivity contribution is 7.91. The van der Waals surface area contributed by atoms with E-state index in [1.165, 1.54) is 6.07 Å². The zero-order valence-corrected chi connectivity index (χ0v) is 17.7. The van der Waals surface area contributed by atoms with Crippen molar-refractivity contribution in [1.29, 1.82) is 0 Å². The van der Waals surface area contributed by atoms with Crippen LogP contribution in [0.25, 0.3) is 0 Å². The van der Waals surface area contributed by atoms with Gasteiger partial charge >= 0.3 is 0 Å². The molecule has 156 valence electrons. The molecule has 0 atom stereocenters. The zero-order valence-electron chi connectivity index (χ0n) is 16.8. The maximum absolute atomic E-state index is 13.0. The minimum atomic E-state index is -3.46. The number of benzene rings is 2. The molecule has 0 radical (unpaired) electrons. The first kappa shape index (κ1) is 21.2. The fraction of sp³-hybridized carbons (Fsp3) is 0.409. The van der Waals surface area contributed by atoms with E-state index in [0.717, 1.165) is 11.5 Å². The normalized spacial score (nSPS) is 15.2. The minimum Gasteiger partial charge on any atom is -0.494 e. The largest absolute Gasteiger partial charge is 0.494 e. The highest BCUT2D eigenvalue weighted by atomic mass is 32.2. The fourth-order valence-corrected chi connectivity index (χ4v) is 4.50. The number of rotatable bonds is 7. The van der Waals surface area contributed by atoms with Crippen molar-refractivity contribution in [2.24, 2.45) is 0 Å². The van der Waals surface area contributed by atoms with E-state index in [0.29, 0.717) is 32.5 Å². The van der Waals surface area contributed by atoms with Crippen LogP contribution in [0.3, 0.4) is 0 Å². The number of amides is 1. The molecule has 1 aliphatic rings. The Kier molecular flexibility index (Phi) is 6.79. The van der Waals surface area contributed by atoms with Gasteiger partial charge in [0.25, 0.3) is 5.91 Å². The first-order valence-electron chi connectivity index (χ1n) is 9.95. The van der Waals surface area contributed by atoms with E-state index in [2.05, 4.69) is 0 Å². The Balaban J connectivity index is 1.64. The van der Waals surface area contributed by atoms with Crippen molar-refractivity contribution in [2.75, 3.05) is 25.4 Å². The van der Waals surface area contributed by atoms with E-state index in [1.807, 2.05) is 31.2 Å². The quantitative estimate of drug-likeness (QED) is 0.689. The molecule has 1 fully saturated rings. The highest BCUT2D eigenvalue weighted by Gasteiger charge is 2.28. The molecule has 1 saturated heterocycles. The van der Waals surface area contributed by atoms with Crippen LogP contribution >= 0.6 is 0 Å². The van der Waals surface area contributed by atoms with Crippen molar-refractivity contribution in [1.82, 2.24) is 4.90 Å². The van der Waals surface area contributed by atoms with Gasteiger partial charge in [-0.05, 0) is 31.2 Å². The molecule has 0 aliphatic carbocycles. The molecule has 1 amide bonds. The number of carbonyl (C=O) groups is 1. The average Bonchev–Trinajstić information content (AvgIpc) is 2.74. The van der Waals surface area contributed by atoms with Gasteiger partial charge < -0.3 is 14.4 Å². The number of hydrogen-bond donors (Lipinski definition) is 0. The summed E-state index contributed by atoms with van der Waals surface area (Å²) in [4.78, 5) is 14.8. The Hall–Kier alpha value is -2.54. The summed E-state index contributed by atoms with van der Waals surface area (Å²) in [6.07, 6.45) is 1.38. The monoisotopic (exact) mass is 417 g/mol. The van der Waals surface area contributed by atoms with Gasteiger partial charge in [0, 0.05) is 32.0 Å². The van der Waals surface area contributed by atoms with Gasteiger partial charge in [0.15, 0.2) is 9.84 Å². The van der Waals surface area contributed by atoms with Crippen LogP contribution in [0.1, 0.15) is 37.0 Å². The van der Waals surface area contributed by atoms with Gasteiger partial charge in [0.05, 0.1) is 22.8 Å². The second-order valence-electron chi connectivity index (χ2n) is 6.92. The van der Waals surface area contributed by atoms with Gasteiger partial charge in [-0.25, -0.2) is 8.42 Å². The number of piperidine rings is 1. The van der Waals surface area contributed by atoms with Gasteiger partial charge in [-0.15, -0.1) is 0 Å². The van der Waals surface area contributed by atoms with Crippen LogP contribution in [0, 0.1) is 0 Å². The molecular formula is C22H27NO5S. The third-order valence-electron chi connectivity index (χ3n) is 4.98. The number of hydrogen-bond acceptors (Lipinski definition) is 5. The molecule has 2 aromatic rings. The molecule has 0 spiro atoms. The Morgan fingerprint density at radius 2 is 1.72 bits per heavy atom. The molecule has 0 N–H and O–H groups in total. The molecule has 0 aromatic heterocycles. The first-order chi connectivity index (χ1) is 13.9. The molecule has 29 heavy (non-hydrogen) atoms. The highest BCUT2D eigenvalue weighted by Crippen LogP contribution is 2.25. The van der Waals surface area contributed by atoms with E-state index >= 15 is 0 Å². The van der Waals surface area contributed by atoms with Crippen molar-refractivity contribution in [3.05, 3.63) is 54.1 Å². The number of nitrogens with zero attached hydrogens (tertiary/aromatic N) is 1. The van der Waals surface area contributed by atoms with Gasteiger partial charge in [-0.2, -0.15) is 0 Å². The van der Waals surface area contributed by atoms with Gasteiger partial charge in [0.1, 0.15) is 17.6 Å². The molecule has 0 unspecified atom stereocenters. The second kappa shape index (κ2) is 9.31. The maximum Gasteiger partial charge on any atom is 0.255 e. The number of ether oxygens (including phenoxy) is 2.